The van der Waals surface area contributed by atoms with Crippen LogP contribution in [0.25, 0.3) is 0 Å². The molecular formula is C26H40N2O5. The van der Waals surface area contributed by atoms with Crippen LogP contribution in [0.4, 0.5) is 0 Å². The van der Waals surface area contributed by atoms with Crippen molar-refractivity contribution in [3.8, 4) is 11.5 Å². The highest BCUT2D eigenvalue weighted by Gasteiger charge is 2.19. The SMILES string of the molecule is CC(C)(C)NC[C@@H](O)c1ccc(O)c(Cc2cc([C@H](O)CNC(C)(C)C)cc(CO)c2O)c1. The van der Waals surface area contributed by atoms with Gasteiger partial charge in [-0.15, -0.1) is 0 Å². The van der Waals surface area contributed by atoms with Crippen LogP contribution in [0, 0.1) is 0 Å². The van der Waals surface area contributed by atoms with E-state index in [1.54, 1.807) is 24.3 Å². The van der Waals surface area contributed by atoms with Gasteiger partial charge >= 0.3 is 0 Å². The standard InChI is InChI=1S/C26H40N2O5/c1-25(2,3)27-13-22(31)16-7-8-21(30)17(9-16)10-19-11-18(12-20(15-29)24(19)33)23(32)14-28-26(4,5)6/h7-9,11-12,22-23,27-33H,10,13-15H2,1-6H3/t22-,23-/m1/s1. The molecule has 33 heavy (non-hydrogen) atoms. The van der Waals surface area contributed by atoms with Crippen molar-refractivity contribution in [3.05, 3.63) is 58.1 Å². The second kappa shape index (κ2) is 10.8. The number of rotatable bonds is 9. The van der Waals surface area contributed by atoms with Crippen molar-refractivity contribution in [2.45, 2.75) is 77.9 Å². The molecule has 2 aromatic rings. The number of aliphatic hydroxyl groups is 3. The smallest absolute Gasteiger partial charge is 0.124 e. The van der Waals surface area contributed by atoms with Gasteiger partial charge in [0.2, 0.25) is 0 Å². The Bertz CT molecular complexity index is 932. The van der Waals surface area contributed by atoms with E-state index in [0.717, 1.165) is 0 Å². The molecule has 0 aromatic heterocycles. The van der Waals surface area contributed by atoms with Crippen LogP contribution in [0.2, 0.25) is 0 Å². The van der Waals surface area contributed by atoms with Crippen LogP contribution in [-0.4, -0.2) is 49.7 Å². The summed E-state index contributed by atoms with van der Waals surface area (Å²) in [5, 5.41) is 58.5. The van der Waals surface area contributed by atoms with Gasteiger partial charge in [-0.1, -0.05) is 6.07 Å². The van der Waals surface area contributed by atoms with Crippen molar-refractivity contribution < 1.29 is 25.5 Å². The molecule has 184 valence electrons. The topological polar surface area (TPSA) is 125 Å². The molecule has 2 atom stereocenters. The first-order chi connectivity index (χ1) is 15.2. The van der Waals surface area contributed by atoms with Gasteiger partial charge in [-0.25, -0.2) is 0 Å². The molecule has 0 aliphatic rings. The number of hydrogen-bond donors (Lipinski definition) is 7. The van der Waals surface area contributed by atoms with Crippen LogP contribution in [0.5, 0.6) is 11.5 Å². The lowest BCUT2D eigenvalue weighted by Crippen LogP contribution is -2.38. The minimum absolute atomic E-state index is 0.0417. The Balaban J connectivity index is 2.32. The highest BCUT2D eigenvalue weighted by atomic mass is 16.3. The van der Waals surface area contributed by atoms with Gasteiger partial charge in [0, 0.05) is 36.2 Å². The van der Waals surface area contributed by atoms with Crippen LogP contribution >= 0.6 is 0 Å². The van der Waals surface area contributed by atoms with Gasteiger partial charge in [0.1, 0.15) is 11.5 Å². The molecule has 0 aliphatic heterocycles. The summed E-state index contributed by atoms with van der Waals surface area (Å²) in [6.45, 7) is 12.3. The molecule has 0 heterocycles. The van der Waals surface area contributed by atoms with Crippen molar-refractivity contribution in [2.75, 3.05) is 13.1 Å². The third-order valence-electron chi connectivity index (χ3n) is 5.37. The molecule has 0 bridgehead atoms. The molecule has 0 fully saturated rings. The van der Waals surface area contributed by atoms with Crippen molar-refractivity contribution in [1.82, 2.24) is 10.6 Å². The summed E-state index contributed by atoms with van der Waals surface area (Å²) in [6, 6.07) is 8.19. The first kappa shape index (κ1) is 27.1. The van der Waals surface area contributed by atoms with E-state index in [-0.39, 0.29) is 35.6 Å². The zero-order valence-electron chi connectivity index (χ0n) is 20.6. The van der Waals surface area contributed by atoms with Crippen molar-refractivity contribution in [3.63, 3.8) is 0 Å². The Morgan fingerprint density at radius 3 is 1.73 bits per heavy atom. The number of phenols is 2. The van der Waals surface area contributed by atoms with Gasteiger partial charge in [-0.3, -0.25) is 0 Å². The van der Waals surface area contributed by atoms with E-state index in [9.17, 15) is 25.5 Å². The Morgan fingerprint density at radius 2 is 1.21 bits per heavy atom. The summed E-state index contributed by atoms with van der Waals surface area (Å²) in [7, 11) is 0. The summed E-state index contributed by atoms with van der Waals surface area (Å²) in [4.78, 5) is 0. The molecule has 0 saturated heterocycles. The molecule has 7 heteroatoms. The third-order valence-corrected chi connectivity index (χ3v) is 5.37. The quantitative estimate of drug-likeness (QED) is 0.307. The molecule has 0 radical (unpaired) electrons. The van der Waals surface area contributed by atoms with Gasteiger partial charge in [0.25, 0.3) is 0 Å². The minimum Gasteiger partial charge on any atom is -0.508 e. The molecule has 0 saturated carbocycles. The maximum Gasteiger partial charge on any atom is 0.124 e. The van der Waals surface area contributed by atoms with E-state index in [2.05, 4.69) is 10.6 Å². The van der Waals surface area contributed by atoms with Crippen LogP contribution < -0.4 is 10.6 Å². The molecule has 7 N–H and O–H groups in total. The fraction of sp³-hybridized carbons (Fsp3) is 0.538. The van der Waals surface area contributed by atoms with Gasteiger partial charge in [-0.2, -0.15) is 0 Å². The molecule has 2 rings (SSSR count). The number of hydrogen-bond acceptors (Lipinski definition) is 7. The summed E-state index contributed by atoms with van der Waals surface area (Å²) in [5.74, 6) is -0.0305. The maximum atomic E-state index is 10.7. The number of aliphatic hydroxyl groups excluding tert-OH is 3. The molecular weight excluding hydrogens is 420 g/mol. The number of aromatic hydroxyl groups is 2. The Labute approximate surface area is 197 Å². The minimum atomic E-state index is -0.834. The van der Waals surface area contributed by atoms with Crippen molar-refractivity contribution in [1.29, 1.82) is 0 Å². The lowest BCUT2D eigenvalue weighted by molar-refractivity contribution is 0.163. The first-order valence-electron chi connectivity index (χ1n) is 11.3. The number of β-amino-alcohol motifs (C(OH)–C–C–N with tert-alkyl or cyclic N) is 2. The predicted octanol–water partition coefficient (Wildman–Crippen LogP) is 3.02. The predicted molar refractivity (Wildman–Crippen MR) is 130 cm³/mol. The summed E-state index contributed by atoms with van der Waals surface area (Å²) < 4.78 is 0. The summed E-state index contributed by atoms with van der Waals surface area (Å²) in [6.07, 6.45) is -1.42. The highest BCUT2D eigenvalue weighted by molar-refractivity contribution is 5.49. The van der Waals surface area contributed by atoms with E-state index in [1.807, 2.05) is 41.5 Å². The van der Waals surface area contributed by atoms with E-state index >= 15 is 0 Å². The van der Waals surface area contributed by atoms with Gasteiger partial charge in [0.05, 0.1) is 18.8 Å². The van der Waals surface area contributed by atoms with Crippen LogP contribution in [0.3, 0.4) is 0 Å². The molecule has 2 aromatic carbocycles. The monoisotopic (exact) mass is 460 g/mol. The van der Waals surface area contributed by atoms with E-state index < -0.39 is 12.2 Å². The van der Waals surface area contributed by atoms with E-state index in [0.29, 0.717) is 40.9 Å². The molecule has 0 unspecified atom stereocenters. The van der Waals surface area contributed by atoms with Crippen molar-refractivity contribution >= 4 is 0 Å². The molecule has 0 aliphatic carbocycles. The molecule has 7 nitrogen and oxygen atoms in total. The maximum absolute atomic E-state index is 10.7. The third kappa shape index (κ3) is 8.28. The first-order valence-corrected chi connectivity index (χ1v) is 11.3. The second-order valence-electron chi connectivity index (χ2n) is 10.7. The highest BCUT2D eigenvalue weighted by Crippen LogP contribution is 2.32. The van der Waals surface area contributed by atoms with Gasteiger partial charge in [0.15, 0.2) is 0 Å². The van der Waals surface area contributed by atoms with Gasteiger partial charge in [-0.05, 0) is 88.1 Å². The van der Waals surface area contributed by atoms with Gasteiger partial charge < -0.3 is 36.2 Å². The number of nitrogens with one attached hydrogen (secondary N) is 2. The average molecular weight is 461 g/mol. The molecule has 0 amide bonds. The fourth-order valence-corrected chi connectivity index (χ4v) is 3.44. The van der Waals surface area contributed by atoms with Crippen molar-refractivity contribution in [2.24, 2.45) is 0 Å². The van der Waals surface area contributed by atoms with Crippen LogP contribution in [0.15, 0.2) is 30.3 Å². The van der Waals surface area contributed by atoms with Crippen LogP contribution in [-0.2, 0) is 13.0 Å². The second-order valence-corrected chi connectivity index (χ2v) is 10.7. The number of benzene rings is 2. The number of phenolic OH excluding ortho intramolecular Hbond substituents is 1. The summed E-state index contributed by atoms with van der Waals surface area (Å²) in [5.41, 5.74) is 2.20. The molecule has 0 spiro atoms. The van der Waals surface area contributed by atoms with E-state index in [4.69, 9.17) is 0 Å². The summed E-state index contributed by atoms with van der Waals surface area (Å²) >= 11 is 0. The zero-order chi connectivity index (χ0) is 25.0. The lowest BCUT2D eigenvalue weighted by Gasteiger charge is -2.24. The van der Waals surface area contributed by atoms with Crippen LogP contribution in [0.1, 0.15) is 81.6 Å². The Morgan fingerprint density at radius 1 is 0.727 bits per heavy atom. The zero-order valence-corrected chi connectivity index (χ0v) is 20.6. The normalized spacial score (nSPS) is 14.3. The van der Waals surface area contributed by atoms with E-state index in [1.165, 1.54) is 6.07 Å². The largest absolute Gasteiger partial charge is 0.508 e. The fourth-order valence-electron chi connectivity index (χ4n) is 3.44. The Kier molecular flexibility index (Phi) is 8.90. The average Bonchev–Trinajstić information content (AvgIpc) is 2.72. The Hall–Kier alpha value is -2.16. The lowest BCUT2D eigenvalue weighted by atomic mass is 9.94.